The van der Waals surface area contributed by atoms with Gasteiger partial charge in [-0.3, -0.25) is 4.79 Å². The molecular formula is C12H14BrF3N2O. The van der Waals surface area contributed by atoms with Crippen LogP contribution in [0.1, 0.15) is 28.8 Å². The minimum Gasteiger partial charge on any atom is -0.352 e. The maximum Gasteiger partial charge on any atom is 0.416 e. The van der Waals surface area contributed by atoms with E-state index >= 15 is 0 Å². The lowest BCUT2D eigenvalue weighted by atomic mass is 10.1. The Bertz CT molecular complexity index is 449. The predicted molar refractivity (Wildman–Crippen MR) is 69.8 cm³/mol. The van der Waals surface area contributed by atoms with Crippen LogP contribution in [0.15, 0.2) is 22.7 Å². The molecule has 1 rings (SSSR count). The fourth-order valence-corrected chi connectivity index (χ4v) is 1.87. The number of hydrogen-bond donors (Lipinski definition) is 2. The van der Waals surface area contributed by atoms with Crippen LogP contribution in [0, 0.1) is 0 Å². The average Bonchev–Trinajstić information content (AvgIpc) is 2.33. The Kier molecular flexibility index (Phi) is 5.81. The maximum atomic E-state index is 12.6. The molecule has 0 fully saturated rings. The Morgan fingerprint density at radius 1 is 1.32 bits per heavy atom. The number of rotatable bonds is 5. The van der Waals surface area contributed by atoms with Crippen molar-refractivity contribution in [3.05, 3.63) is 33.8 Å². The summed E-state index contributed by atoms with van der Waals surface area (Å²) in [5, 5.41) is 2.56. The summed E-state index contributed by atoms with van der Waals surface area (Å²) in [7, 11) is 0. The molecule has 0 unspecified atom stereocenters. The molecule has 0 aliphatic carbocycles. The quantitative estimate of drug-likeness (QED) is 0.811. The van der Waals surface area contributed by atoms with Crippen molar-refractivity contribution in [2.75, 3.05) is 13.1 Å². The van der Waals surface area contributed by atoms with E-state index in [1.165, 1.54) is 6.07 Å². The molecule has 3 nitrogen and oxygen atoms in total. The molecule has 0 bridgehead atoms. The first-order valence-corrected chi connectivity index (χ1v) is 6.50. The second-order valence-electron chi connectivity index (χ2n) is 3.94. The van der Waals surface area contributed by atoms with E-state index in [1.807, 2.05) is 0 Å². The third-order valence-corrected chi connectivity index (χ3v) is 3.15. The molecule has 0 saturated heterocycles. The topological polar surface area (TPSA) is 55.1 Å². The first kappa shape index (κ1) is 16.0. The fourth-order valence-electron chi connectivity index (χ4n) is 1.44. The number of benzene rings is 1. The zero-order chi connectivity index (χ0) is 14.5. The molecule has 3 N–H and O–H groups in total. The van der Waals surface area contributed by atoms with Gasteiger partial charge in [0.25, 0.3) is 5.91 Å². The minimum absolute atomic E-state index is 0.0254. The second-order valence-corrected chi connectivity index (χ2v) is 4.80. The van der Waals surface area contributed by atoms with Gasteiger partial charge in [-0.2, -0.15) is 13.2 Å². The molecule has 0 aromatic heterocycles. The zero-order valence-corrected chi connectivity index (χ0v) is 11.6. The molecule has 0 heterocycles. The highest BCUT2D eigenvalue weighted by atomic mass is 79.9. The van der Waals surface area contributed by atoms with E-state index in [1.54, 1.807) is 0 Å². The molecule has 0 radical (unpaired) electrons. The number of hydrogen-bond acceptors (Lipinski definition) is 2. The molecule has 0 spiro atoms. The van der Waals surface area contributed by atoms with E-state index in [2.05, 4.69) is 21.2 Å². The Morgan fingerprint density at radius 2 is 2.00 bits per heavy atom. The molecule has 1 aromatic rings. The first-order chi connectivity index (χ1) is 8.86. The molecule has 0 atom stereocenters. The summed E-state index contributed by atoms with van der Waals surface area (Å²) in [6, 6.07) is 2.98. The summed E-state index contributed by atoms with van der Waals surface area (Å²) < 4.78 is 38.0. The third kappa shape index (κ3) is 4.83. The van der Waals surface area contributed by atoms with E-state index in [9.17, 15) is 18.0 Å². The summed E-state index contributed by atoms with van der Waals surface area (Å²) in [6.45, 7) is 0.905. The lowest BCUT2D eigenvalue weighted by molar-refractivity contribution is -0.137. The number of carbonyl (C=O) groups excluding carboxylic acids is 1. The summed E-state index contributed by atoms with van der Waals surface area (Å²) in [4.78, 5) is 11.8. The Labute approximate surface area is 117 Å². The van der Waals surface area contributed by atoms with Gasteiger partial charge in [-0.1, -0.05) is 0 Å². The number of carbonyl (C=O) groups is 1. The average molecular weight is 339 g/mol. The number of nitrogens with one attached hydrogen (secondary N) is 1. The predicted octanol–water partition coefficient (Wildman–Crippen LogP) is 2.94. The molecule has 0 aliphatic rings. The molecule has 0 aliphatic heterocycles. The number of nitrogens with two attached hydrogens (primary N) is 1. The van der Waals surface area contributed by atoms with E-state index in [0.29, 0.717) is 24.0 Å². The summed E-state index contributed by atoms with van der Waals surface area (Å²) in [5.74, 6) is -0.532. The van der Waals surface area contributed by atoms with Gasteiger partial charge in [-0.25, -0.2) is 0 Å². The van der Waals surface area contributed by atoms with E-state index < -0.39 is 17.6 Å². The van der Waals surface area contributed by atoms with Gasteiger partial charge in [-0.05, 0) is 53.5 Å². The van der Waals surface area contributed by atoms with Crippen molar-refractivity contribution in [3.8, 4) is 0 Å². The van der Waals surface area contributed by atoms with Crippen LogP contribution < -0.4 is 11.1 Å². The summed E-state index contributed by atoms with van der Waals surface area (Å²) in [5.41, 5.74) is 4.43. The molecule has 7 heteroatoms. The van der Waals surface area contributed by atoms with Crippen LogP contribution in [0.2, 0.25) is 0 Å². The van der Waals surface area contributed by atoms with Crippen molar-refractivity contribution in [1.29, 1.82) is 0 Å². The van der Waals surface area contributed by atoms with Crippen molar-refractivity contribution in [2.45, 2.75) is 19.0 Å². The van der Waals surface area contributed by atoms with Gasteiger partial charge in [0.2, 0.25) is 0 Å². The molecule has 1 amide bonds. The van der Waals surface area contributed by atoms with Crippen LogP contribution in [0.3, 0.4) is 0 Å². The lowest BCUT2D eigenvalue weighted by Gasteiger charge is -2.11. The van der Waals surface area contributed by atoms with Crippen molar-refractivity contribution in [2.24, 2.45) is 5.73 Å². The summed E-state index contributed by atoms with van der Waals surface area (Å²) >= 11 is 3.07. The van der Waals surface area contributed by atoms with Gasteiger partial charge in [0.1, 0.15) is 0 Å². The summed E-state index contributed by atoms with van der Waals surface area (Å²) in [6.07, 6.45) is -3.02. The number of amides is 1. The van der Waals surface area contributed by atoms with Crippen LogP contribution in [0.25, 0.3) is 0 Å². The van der Waals surface area contributed by atoms with Gasteiger partial charge in [0.15, 0.2) is 0 Å². The zero-order valence-electron chi connectivity index (χ0n) is 10.1. The van der Waals surface area contributed by atoms with Crippen molar-refractivity contribution < 1.29 is 18.0 Å². The number of unbranched alkanes of at least 4 members (excludes halogenated alkanes) is 1. The van der Waals surface area contributed by atoms with Crippen LogP contribution in [0.5, 0.6) is 0 Å². The van der Waals surface area contributed by atoms with Crippen LogP contribution >= 0.6 is 15.9 Å². The maximum absolute atomic E-state index is 12.6. The Hall–Kier alpha value is -1.08. The largest absolute Gasteiger partial charge is 0.416 e. The van der Waals surface area contributed by atoms with Crippen molar-refractivity contribution in [3.63, 3.8) is 0 Å². The lowest BCUT2D eigenvalue weighted by Crippen LogP contribution is -2.25. The highest BCUT2D eigenvalue weighted by molar-refractivity contribution is 9.10. The van der Waals surface area contributed by atoms with Crippen molar-refractivity contribution >= 4 is 21.8 Å². The highest BCUT2D eigenvalue weighted by Crippen LogP contribution is 2.31. The monoisotopic (exact) mass is 338 g/mol. The fraction of sp³-hybridized carbons (Fsp3) is 0.417. The standard InChI is InChI=1S/C12H14BrF3N2O/c13-10-4-3-8(12(14,15)16)7-9(10)11(19)18-6-2-1-5-17/h3-4,7H,1-2,5-6,17H2,(H,18,19). The Balaban J connectivity index is 2.78. The van der Waals surface area contributed by atoms with Crippen LogP contribution in [-0.2, 0) is 6.18 Å². The highest BCUT2D eigenvalue weighted by Gasteiger charge is 2.31. The molecule has 0 saturated carbocycles. The van der Waals surface area contributed by atoms with Gasteiger partial charge in [0.05, 0.1) is 11.1 Å². The first-order valence-electron chi connectivity index (χ1n) is 5.71. The third-order valence-electron chi connectivity index (χ3n) is 2.45. The van der Waals surface area contributed by atoms with Crippen LogP contribution in [-0.4, -0.2) is 19.0 Å². The van der Waals surface area contributed by atoms with Crippen molar-refractivity contribution in [1.82, 2.24) is 5.32 Å². The number of halogens is 4. The Morgan fingerprint density at radius 3 is 2.58 bits per heavy atom. The molecule has 19 heavy (non-hydrogen) atoms. The van der Waals surface area contributed by atoms with Gasteiger partial charge in [0, 0.05) is 11.0 Å². The minimum atomic E-state index is -4.46. The SMILES string of the molecule is NCCCCNC(=O)c1cc(C(F)(F)F)ccc1Br. The second kappa shape index (κ2) is 6.91. The smallest absolute Gasteiger partial charge is 0.352 e. The van der Waals surface area contributed by atoms with E-state index in [-0.39, 0.29) is 5.56 Å². The molecular weight excluding hydrogens is 325 g/mol. The van der Waals surface area contributed by atoms with E-state index in [0.717, 1.165) is 18.6 Å². The van der Waals surface area contributed by atoms with Gasteiger partial charge >= 0.3 is 6.18 Å². The normalized spacial score (nSPS) is 11.4. The molecule has 106 valence electrons. The number of alkyl halides is 3. The van der Waals surface area contributed by atoms with E-state index in [4.69, 9.17) is 5.73 Å². The van der Waals surface area contributed by atoms with Gasteiger partial charge in [-0.15, -0.1) is 0 Å². The molecule has 1 aromatic carbocycles. The van der Waals surface area contributed by atoms with Crippen LogP contribution in [0.4, 0.5) is 13.2 Å². The van der Waals surface area contributed by atoms with Gasteiger partial charge < -0.3 is 11.1 Å².